The van der Waals surface area contributed by atoms with Crippen molar-refractivity contribution in [3.8, 4) is 11.5 Å². The zero-order chi connectivity index (χ0) is 25.2. The van der Waals surface area contributed by atoms with Crippen LogP contribution >= 0.6 is 0 Å². The molecule has 0 aliphatic carbocycles. The Morgan fingerprint density at radius 1 is 1.14 bits per heavy atom. The van der Waals surface area contributed by atoms with Crippen LogP contribution in [0.2, 0.25) is 0 Å². The van der Waals surface area contributed by atoms with Gasteiger partial charge in [-0.3, -0.25) is 9.69 Å². The molecule has 0 N–H and O–H groups in total. The molecule has 1 saturated heterocycles. The van der Waals surface area contributed by atoms with E-state index in [2.05, 4.69) is 23.8 Å². The normalized spacial score (nSPS) is 18.1. The molecular formula is C27H35N5O4. The van der Waals surface area contributed by atoms with E-state index in [4.69, 9.17) is 19.2 Å². The van der Waals surface area contributed by atoms with Crippen LogP contribution < -0.4 is 9.47 Å². The van der Waals surface area contributed by atoms with E-state index in [0.717, 1.165) is 46.2 Å². The first-order valence-electron chi connectivity index (χ1n) is 12.7. The van der Waals surface area contributed by atoms with Crippen molar-refractivity contribution in [1.29, 1.82) is 0 Å². The molecule has 2 aliphatic heterocycles. The Labute approximate surface area is 211 Å². The standard InChI is InChI=1S/C27H35N5O4/c1-18(2)14-31(15-21-5-6-23-24(12-21)36-10-9-35-23)27(33)25-17-30(7-8-34-25)16-22-13-28-32-20(4)11-19(3)29-26(22)32/h5-6,11-13,18,25H,7-10,14-17H2,1-4H3. The van der Waals surface area contributed by atoms with E-state index in [9.17, 15) is 4.79 Å². The zero-order valence-electron chi connectivity index (χ0n) is 21.6. The van der Waals surface area contributed by atoms with Gasteiger partial charge in [0.1, 0.15) is 19.3 Å². The molecule has 2 aliphatic rings. The van der Waals surface area contributed by atoms with Crippen molar-refractivity contribution in [2.24, 2.45) is 5.92 Å². The number of rotatable bonds is 7. The zero-order valence-corrected chi connectivity index (χ0v) is 21.6. The maximum absolute atomic E-state index is 13.7. The van der Waals surface area contributed by atoms with Crippen molar-refractivity contribution in [3.63, 3.8) is 0 Å². The first-order valence-corrected chi connectivity index (χ1v) is 12.7. The number of amides is 1. The number of aryl methyl sites for hydroxylation is 2. The second-order valence-electron chi connectivity index (χ2n) is 10.1. The molecule has 1 unspecified atom stereocenters. The van der Waals surface area contributed by atoms with E-state index in [1.54, 1.807) is 0 Å². The predicted octanol–water partition coefficient (Wildman–Crippen LogP) is 3.00. The van der Waals surface area contributed by atoms with Crippen molar-refractivity contribution < 1.29 is 19.0 Å². The Morgan fingerprint density at radius 2 is 1.94 bits per heavy atom. The molecule has 5 rings (SSSR count). The van der Waals surface area contributed by atoms with Crippen molar-refractivity contribution >= 4 is 11.6 Å². The molecule has 1 aromatic carbocycles. The van der Waals surface area contributed by atoms with Crippen LogP contribution in [0, 0.1) is 19.8 Å². The molecule has 1 amide bonds. The summed E-state index contributed by atoms with van der Waals surface area (Å²) in [4.78, 5) is 22.5. The SMILES string of the molecule is Cc1cc(C)n2ncc(CN3CCOC(C(=O)N(Cc4ccc5c(c4)OCCO5)CC(C)C)C3)c2n1. The number of hydrogen-bond acceptors (Lipinski definition) is 7. The van der Waals surface area contributed by atoms with E-state index in [0.29, 0.717) is 51.9 Å². The second kappa shape index (κ2) is 10.4. The van der Waals surface area contributed by atoms with Crippen molar-refractivity contribution in [2.75, 3.05) is 39.5 Å². The van der Waals surface area contributed by atoms with Gasteiger partial charge in [0.25, 0.3) is 5.91 Å². The summed E-state index contributed by atoms with van der Waals surface area (Å²) in [6.07, 6.45) is 1.38. The fraction of sp³-hybridized carbons (Fsp3) is 0.519. The Hall–Kier alpha value is -3.17. The van der Waals surface area contributed by atoms with Crippen molar-refractivity contribution in [1.82, 2.24) is 24.4 Å². The van der Waals surface area contributed by atoms with E-state index >= 15 is 0 Å². The van der Waals surface area contributed by atoms with Gasteiger partial charge in [-0.05, 0) is 43.5 Å². The lowest BCUT2D eigenvalue weighted by atomic mass is 10.1. The second-order valence-corrected chi connectivity index (χ2v) is 10.1. The van der Waals surface area contributed by atoms with E-state index < -0.39 is 6.10 Å². The van der Waals surface area contributed by atoms with Gasteiger partial charge in [0.2, 0.25) is 0 Å². The number of morpholine rings is 1. The number of nitrogens with zero attached hydrogens (tertiary/aromatic N) is 5. The molecule has 0 bridgehead atoms. The van der Waals surface area contributed by atoms with E-state index in [1.165, 1.54) is 0 Å². The summed E-state index contributed by atoms with van der Waals surface area (Å²) in [5.74, 6) is 1.85. The molecule has 9 nitrogen and oxygen atoms in total. The first-order chi connectivity index (χ1) is 17.4. The molecule has 192 valence electrons. The van der Waals surface area contributed by atoms with Gasteiger partial charge in [-0.1, -0.05) is 19.9 Å². The lowest BCUT2D eigenvalue weighted by Crippen LogP contribution is -2.51. The quantitative estimate of drug-likeness (QED) is 0.501. The average molecular weight is 494 g/mol. The highest BCUT2D eigenvalue weighted by Crippen LogP contribution is 2.31. The highest BCUT2D eigenvalue weighted by Gasteiger charge is 2.31. The summed E-state index contributed by atoms with van der Waals surface area (Å²) in [6, 6.07) is 7.93. The van der Waals surface area contributed by atoms with Crippen LogP contribution in [-0.2, 0) is 22.6 Å². The van der Waals surface area contributed by atoms with E-state index in [1.807, 2.05) is 53.7 Å². The lowest BCUT2D eigenvalue weighted by molar-refractivity contribution is -0.151. The minimum atomic E-state index is -0.506. The summed E-state index contributed by atoms with van der Waals surface area (Å²) >= 11 is 0. The highest BCUT2D eigenvalue weighted by molar-refractivity contribution is 5.81. The lowest BCUT2D eigenvalue weighted by Gasteiger charge is -2.35. The summed E-state index contributed by atoms with van der Waals surface area (Å²) in [7, 11) is 0. The van der Waals surface area contributed by atoms with Crippen LogP contribution in [0.25, 0.3) is 5.65 Å². The van der Waals surface area contributed by atoms with Gasteiger partial charge < -0.3 is 19.1 Å². The number of benzene rings is 1. The number of fused-ring (bicyclic) bond motifs is 2. The summed E-state index contributed by atoms with van der Waals surface area (Å²) in [5.41, 5.74) is 4.98. The molecule has 9 heteroatoms. The minimum absolute atomic E-state index is 0.0213. The fourth-order valence-electron chi connectivity index (χ4n) is 4.95. The molecule has 0 radical (unpaired) electrons. The molecule has 0 saturated carbocycles. The topological polar surface area (TPSA) is 81.4 Å². The van der Waals surface area contributed by atoms with Gasteiger partial charge in [0, 0.05) is 49.7 Å². The molecule has 4 heterocycles. The molecule has 0 spiro atoms. The summed E-state index contributed by atoms with van der Waals surface area (Å²) in [5, 5.41) is 4.52. The maximum atomic E-state index is 13.7. The summed E-state index contributed by atoms with van der Waals surface area (Å²) in [6.45, 7) is 13.0. The molecule has 1 atom stereocenters. The molecule has 2 aromatic heterocycles. The van der Waals surface area contributed by atoms with Crippen LogP contribution in [0.5, 0.6) is 11.5 Å². The molecule has 1 fully saturated rings. The van der Waals surface area contributed by atoms with Crippen LogP contribution in [-0.4, -0.2) is 75.9 Å². The Balaban J connectivity index is 1.29. The smallest absolute Gasteiger partial charge is 0.253 e. The maximum Gasteiger partial charge on any atom is 0.253 e. The van der Waals surface area contributed by atoms with Gasteiger partial charge in [-0.15, -0.1) is 0 Å². The number of hydrogen-bond donors (Lipinski definition) is 0. The van der Waals surface area contributed by atoms with Gasteiger partial charge in [0.15, 0.2) is 17.1 Å². The Bertz CT molecular complexity index is 1240. The van der Waals surface area contributed by atoms with Gasteiger partial charge >= 0.3 is 0 Å². The largest absolute Gasteiger partial charge is 0.486 e. The van der Waals surface area contributed by atoms with Gasteiger partial charge in [0.05, 0.1) is 12.8 Å². The monoisotopic (exact) mass is 493 g/mol. The number of carbonyl (C=O) groups excluding carboxylic acids is 1. The highest BCUT2D eigenvalue weighted by atomic mass is 16.6. The molecule has 3 aromatic rings. The predicted molar refractivity (Wildman–Crippen MR) is 135 cm³/mol. The van der Waals surface area contributed by atoms with Crippen LogP contribution in [0.1, 0.15) is 36.4 Å². The Morgan fingerprint density at radius 3 is 2.75 bits per heavy atom. The van der Waals surface area contributed by atoms with Gasteiger partial charge in [-0.25, -0.2) is 9.50 Å². The third-order valence-electron chi connectivity index (χ3n) is 6.55. The Kier molecular flexibility index (Phi) is 7.11. The first kappa shape index (κ1) is 24.5. The molecule has 36 heavy (non-hydrogen) atoms. The van der Waals surface area contributed by atoms with Crippen LogP contribution in [0.3, 0.4) is 0 Å². The van der Waals surface area contributed by atoms with Crippen molar-refractivity contribution in [3.05, 3.63) is 53.0 Å². The van der Waals surface area contributed by atoms with Crippen LogP contribution in [0.4, 0.5) is 0 Å². The number of ether oxygens (including phenoxy) is 3. The van der Waals surface area contributed by atoms with Crippen LogP contribution in [0.15, 0.2) is 30.5 Å². The van der Waals surface area contributed by atoms with Crippen molar-refractivity contribution in [2.45, 2.75) is 46.9 Å². The van der Waals surface area contributed by atoms with E-state index in [-0.39, 0.29) is 5.91 Å². The average Bonchev–Trinajstić information content (AvgIpc) is 3.25. The minimum Gasteiger partial charge on any atom is -0.486 e. The number of carbonyl (C=O) groups is 1. The fourth-order valence-corrected chi connectivity index (χ4v) is 4.95. The summed E-state index contributed by atoms with van der Waals surface area (Å²) < 4.78 is 19.3. The number of aromatic nitrogens is 3. The molecular weight excluding hydrogens is 458 g/mol. The van der Waals surface area contributed by atoms with Gasteiger partial charge in [-0.2, -0.15) is 5.10 Å². The third kappa shape index (κ3) is 5.32. The third-order valence-corrected chi connectivity index (χ3v) is 6.55.